The maximum atomic E-state index is 14.3. The number of fused-ring (bicyclic) bond motifs is 2. The molecule has 0 unspecified atom stereocenters. The number of halogens is 1. The van der Waals surface area contributed by atoms with Crippen LogP contribution in [0.5, 0.6) is 5.75 Å². The minimum absolute atomic E-state index is 0.324. The molecule has 0 saturated carbocycles. The molecular formula is C22H17FN4O. The van der Waals surface area contributed by atoms with Gasteiger partial charge in [0.2, 0.25) is 0 Å². The molecule has 0 atom stereocenters. The van der Waals surface area contributed by atoms with E-state index >= 15 is 0 Å². The van der Waals surface area contributed by atoms with Crippen molar-refractivity contribution in [2.45, 2.75) is 13.3 Å². The number of nitrogens with one attached hydrogen (secondary N) is 2. The van der Waals surface area contributed by atoms with E-state index in [4.69, 9.17) is 0 Å². The van der Waals surface area contributed by atoms with Gasteiger partial charge in [-0.15, -0.1) is 0 Å². The normalized spacial score (nSPS) is 11.5. The summed E-state index contributed by atoms with van der Waals surface area (Å²) in [7, 11) is 0. The third-order valence-electron chi connectivity index (χ3n) is 5.06. The molecule has 0 aliphatic carbocycles. The van der Waals surface area contributed by atoms with Gasteiger partial charge in [0.25, 0.3) is 0 Å². The first-order valence-corrected chi connectivity index (χ1v) is 9.09. The third kappa shape index (κ3) is 2.45. The van der Waals surface area contributed by atoms with Crippen LogP contribution in [-0.2, 0) is 6.42 Å². The first-order valence-electron chi connectivity index (χ1n) is 9.09. The lowest BCUT2D eigenvalue weighted by Crippen LogP contribution is -1.93. The van der Waals surface area contributed by atoms with E-state index in [1.54, 1.807) is 6.07 Å². The highest BCUT2D eigenvalue weighted by Gasteiger charge is 2.16. The summed E-state index contributed by atoms with van der Waals surface area (Å²) in [4.78, 5) is 7.92. The molecule has 3 aromatic carbocycles. The van der Waals surface area contributed by atoms with E-state index in [1.165, 1.54) is 6.07 Å². The van der Waals surface area contributed by atoms with Crippen LogP contribution in [0.15, 0.2) is 54.6 Å². The Bertz CT molecular complexity index is 1300. The monoisotopic (exact) mass is 372 g/mol. The van der Waals surface area contributed by atoms with Gasteiger partial charge in [-0.3, -0.25) is 5.10 Å². The lowest BCUT2D eigenvalue weighted by atomic mass is 9.96. The number of hydrogen-bond acceptors (Lipinski definition) is 3. The van der Waals surface area contributed by atoms with Crippen molar-refractivity contribution < 1.29 is 9.50 Å². The Hall–Kier alpha value is -3.67. The highest BCUT2D eigenvalue weighted by Crippen LogP contribution is 2.34. The van der Waals surface area contributed by atoms with E-state index in [-0.39, 0.29) is 5.75 Å². The quantitative estimate of drug-likeness (QED) is 0.408. The standard InChI is InChI=1S/C22H17FN4O/c1-2-13-14(9-10-19(28)20(13)23)12-7-8-15-18(11-12)26-27-21(15)22-24-16-5-3-4-6-17(16)25-22/h3-11,28H,2H2,1H3,(H,24,25)(H,26,27). The molecule has 0 aliphatic rings. The number of para-hydroxylation sites is 2. The summed E-state index contributed by atoms with van der Waals surface area (Å²) in [5, 5.41) is 18.1. The van der Waals surface area contributed by atoms with Gasteiger partial charge in [-0.25, -0.2) is 9.37 Å². The fraction of sp³-hybridized carbons (Fsp3) is 0.0909. The Kier molecular flexibility index (Phi) is 3.65. The number of phenolic OH excluding ortho intramolecular Hbond substituents is 1. The van der Waals surface area contributed by atoms with E-state index in [1.807, 2.05) is 49.4 Å². The maximum Gasteiger partial charge on any atom is 0.168 e. The number of benzene rings is 3. The number of nitrogens with zero attached hydrogens (tertiary/aromatic N) is 2. The number of aromatic hydroxyl groups is 1. The van der Waals surface area contributed by atoms with Crippen LogP contribution in [0.3, 0.4) is 0 Å². The molecule has 0 radical (unpaired) electrons. The zero-order chi connectivity index (χ0) is 19.3. The van der Waals surface area contributed by atoms with Gasteiger partial charge in [0.1, 0.15) is 5.69 Å². The van der Waals surface area contributed by atoms with Crippen LogP contribution in [0.25, 0.3) is 44.6 Å². The van der Waals surface area contributed by atoms with Crippen LogP contribution in [0.1, 0.15) is 12.5 Å². The highest BCUT2D eigenvalue weighted by molar-refractivity contribution is 5.95. The minimum Gasteiger partial charge on any atom is -0.505 e. The molecule has 0 saturated heterocycles. The molecule has 0 aliphatic heterocycles. The van der Waals surface area contributed by atoms with E-state index in [2.05, 4.69) is 20.2 Å². The minimum atomic E-state index is -0.562. The van der Waals surface area contributed by atoms with Crippen molar-refractivity contribution in [1.82, 2.24) is 20.2 Å². The second-order valence-corrected chi connectivity index (χ2v) is 6.71. The lowest BCUT2D eigenvalue weighted by Gasteiger charge is -2.10. The van der Waals surface area contributed by atoms with Crippen LogP contribution in [-0.4, -0.2) is 25.3 Å². The molecule has 138 valence electrons. The smallest absolute Gasteiger partial charge is 0.168 e. The zero-order valence-corrected chi connectivity index (χ0v) is 15.1. The summed E-state index contributed by atoms with van der Waals surface area (Å²) in [5.74, 6) is -0.187. The molecule has 5 rings (SSSR count). The molecule has 5 aromatic rings. The van der Waals surface area contributed by atoms with E-state index in [0.29, 0.717) is 17.8 Å². The van der Waals surface area contributed by atoms with Crippen molar-refractivity contribution in [2.75, 3.05) is 0 Å². The fourth-order valence-electron chi connectivity index (χ4n) is 3.66. The molecule has 0 amide bonds. The van der Waals surface area contributed by atoms with Crippen LogP contribution >= 0.6 is 0 Å². The maximum absolute atomic E-state index is 14.3. The summed E-state index contributed by atoms with van der Waals surface area (Å²) >= 11 is 0. The van der Waals surface area contributed by atoms with Crippen molar-refractivity contribution in [1.29, 1.82) is 0 Å². The third-order valence-corrected chi connectivity index (χ3v) is 5.06. The van der Waals surface area contributed by atoms with Gasteiger partial charge < -0.3 is 10.1 Å². The Balaban J connectivity index is 1.64. The molecule has 28 heavy (non-hydrogen) atoms. The molecular weight excluding hydrogens is 355 g/mol. The summed E-state index contributed by atoms with van der Waals surface area (Å²) in [6.07, 6.45) is 0.487. The Labute approximate surface area is 159 Å². The largest absolute Gasteiger partial charge is 0.505 e. The average molecular weight is 372 g/mol. The summed E-state index contributed by atoms with van der Waals surface area (Å²) in [5.41, 5.74) is 5.54. The van der Waals surface area contributed by atoms with Gasteiger partial charge >= 0.3 is 0 Å². The van der Waals surface area contributed by atoms with Gasteiger partial charge in [0.15, 0.2) is 17.4 Å². The number of H-pyrrole nitrogens is 2. The number of phenols is 1. The second kappa shape index (κ2) is 6.20. The molecule has 0 spiro atoms. The number of imidazole rings is 1. The zero-order valence-electron chi connectivity index (χ0n) is 15.1. The molecule has 2 heterocycles. The molecule has 5 nitrogen and oxygen atoms in total. The summed E-state index contributed by atoms with van der Waals surface area (Å²) in [6.45, 7) is 1.87. The number of hydrogen-bond donors (Lipinski definition) is 3. The van der Waals surface area contributed by atoms with Crippen molar-refractivity contribution in [3.8, 4) is 28.4 Å². The van der Waals surface area contributed by atoms with Gasteiger partial charge in [-0.2, -0.15) is 5.10 Å². The van der Waals surface area contributed by atoms with Crippen molar-refractivity contribution in [2.24, 2.45) is 0 Å². The first-order chi connectivity index (χ1) is 13.7. The van der Waals surface area contributed by atoms with Crippen molar-refractivity contribution >= 4 is 21.9 Å². The fourth-order valence-corrected chi connectivity index (χ4v) is 3.66. The van der Waals surface area contributed by atoms with Crippen LogP contribution < -0.4 is 0 Å². The first kappa shape index (κ1) is 16.5. The SMILES string of the molecule is CCc1c(-c2ccc3c(-c4nc5ccccc5[nH]4)n[nH]c3c2)ccc(O)c1F. The molecule has 2 aromatic heterocycles. The summed E-state index contributed by atoms with van der Waals surface area (Å²) < 4.78 is 14.3. The Morgan fingerprint density at radius 1 is 1.04 bits per heavy atom. The molecule has 0 bridgehead atoms. The summed E-state index contributed by atoms with van der Waals surface area (Å²) in [6, 6.07) is 16.8. The van der Waals surface area contributed by atoms with E-state index in [9.17, 15) is 9.50 Å². The average Bonchev–Trinajstić information content (AvgIpc) is 3.32. The predicted octanol–water partition coefficient (Wildman–Crippen LogP) is 5.18. The second-order valence-electron chi connectivity index (χ2n) is 6.71. The Morgan fingerprint density at radius 3 is 2.71 bits per heavy atom. The van der Waals surface area contributed by atoms with Gasteiger partial charge in [-0.05, 0) is 53.4 Å². The van der Waals surface area contributed by atoms with E-state index in [0.717, 1.165) is 38.8 Å². The van der Waals surface area contributed by atoms with Gasteiger partial charge in [0.05, 0.1) is 16.6 Å². The van der Waals surface area contributed by atoms with E-state index < -0.39 is 5.82 Å². The lowest BCUT2D eigenvalue weighted by molar-refractivity contribution is 0.429. The van der Waals surface area contributed by atoms with Crippen LogP contribution in [0.4, 0.5) is 4.39 Å². The highest BCUT2D eigenvalue weighted by atomic mass is 19.1. The van der Waals surface area contributed by atoms with Crippen molar-refractivity contribution in [3.05, 3.63) is 66.0 Å². The Morgan fingerprint density at radius 2 is 1.89 bits per heavy atom. The molecule has 3 N–H and O–H groups in total. The van der Waals surface area contributed by atoms with Gasteiger partial charge in [-0.1, -0.05) is 31.2 Å². The van der Waals surface area contributed by atoms with Crippen molar-refractivity contribution in [3.63, 3.8) is 0 Å². The molecule has 0 fully saturated rings. The number of aromatic nitrogens is 4. The van der Waals surface area contributed by atoms with Crippen LogP contribution in [0, 0.1) is 5.82 Å². The van der Waals surface area contributed by atoms with Crippen LogP contribution in [0.2, 0.25) is 0 Å². The predicted molar refractivity (Wildman–Crippen MR) is 108 cm³/mol. The number of aromatic amines is 2. The topological polar surface area (TPSA) is 77.6 Å². The number of rotatable bonds is 3. The van der Waals surface area contributed by atoms with Gasteiger partial charge in [0, 0.05) is 5.39 Å². The molecule has 6 heteroatoms.